The van der Waals surface area contributed by atoms with Crippen molar-refractivity contribution in [2.75, 3.05) is 16.2 Å². The highest BCUT2D eigenvalue weighted by atomic mass is 32.2. The zero-order chi connectivity index (χ0) is 18.9. The number of carbonyl (C=O) groups excluding carboxylic acids is 1. The molecule has 0 saturated carbocycles. The van der Waals surface area contributed by atoms with Crippen LogP contribution in [0.15, 0.2) is 53.4 Å². The Morgan fingerprint density at radius 1 is 1.08 bits per heavy atom. The fourth-order valence-corrected chi connectivity index (χ4v) is 4.49. The van der Waals surface area contributed by atoms with Gasteiger partial charge in [-0.25, -0.2) is 8.42 Å². The van der Waals surface area contributed by atoms with Gasteiger partial charge in [-0.1, -0.05) is 39.0 Å². The van der Waals surface area contributed by atoms with E-state index in [2.05, 4.69) is 5.32 Å². The van der Waals surface area contributed by atoms with Crippen LogP contribution in [-0.2, 0) is 21.2 Å². The topological polar surface area (TPSA) is 66.5 Å². The third-order valence-electron chi connectivity index (χ3n) is 4.43. The van der Waals surface area contributed by atoms with E-state index in [9.17, 15) is 13.2 Å². The van der Waals surface area contributed by atoms with Crippen LogP contribution in [0.4, 0.5) is 11.4 Å². The molecule has 0 aliphatic carbocycles. The average Bonchev–Trinajstić information content (AvgIpc) is 2.61. The minimum absolute atomic E-state index is 0.0676. The van der Waals surface area contributed by atoms with E-state index >= 15 is 0 Å². The van der Waals surface area contributed by atoms with E-state index in [4.69, 9.17) is 0 Å². The van der Waals surface area contributed by atoms with Crippen molar-refractivity contribution < 1.29 is 13.2 Å². The molecule has 3 rings (SSSR count). The molecule has 0 spiro atoms. The lowest BCUT2D eigenvalue weighted by Crippen LogP contribution is -2.35. The maximum atomic E-state index is 13.0. The largest absolute Gasteiger partial charge is 0.326 e. The van der Waals surface area contributed by atoms with Crippen LogP contribution in [0.25, 0.3) is 0 Å². The number of nitrogens with one attached hydrogen (secondary N) is 1. The fraction of sp³-hybridized carbons (Fsp3) is 0.350. The average molecular weight is 372 g/mol. The summed E-state index contributed by atoms with van der Waals surface area (Å²) >= 11 is 0. The molecule has 2 aromatic carbocycles. The van der Waals surface area contributed by atoms with Crippen LogP contribution in [0.5, 0.6) is 0 Å². The first-order chi connectivity index (χ1) is 12.2. The molecule has 5 nitrogen and oxygen atoms in total. The van der Waals surface area contributed by atoms with Gasteiger partial charge in [-0.2, -0.15) is 0 Å². The van der Waals surface area contributed by atoms with Crippen molar-refractivity contribution in [3.8, 4) is 0 Å². The van der Waals surface area contributed by atoms with Crippen molar-refractivity contribution in [2.45, 2.75) is 38.5 Å². The predicted octanol–water partition coefficient (Wildman–Crippen LogP) is 3.81. The van der Waals surface area contributed by atoms with E-state index in [0.717, 1.165) is 18.4 Å². The molecule has 138 valence electrons. The van der Waals surface area contributed by atoms with Gasteiger partial charge in [-0.15, -0.1) is 0 Å². The van der Waals surface area contributed by atoms with Gasteiger partial charge in [-0.05, 0) is 48.7 Å². The third kappa shape index (κ3) is 3.60. The van der Waals surface area contributed by atoms with Crippen molar-refractivity contribution in [1.29, 1.82) is 0 Å². The monoisotopic (exact) mass is 372 g/mol. The minimum atomic E-state index is -3.59. The van der Waals surface area contributed by atoms with E-state index in [1.54, 1.807) is 42.5 Å². The molecule has 0 fully saturated rings. The molecule has 6 heteroatoms. The fourth-order valence-electron chi connectivity index (χ4n) is 2.93. The van der Waals surface area contributed by atoms with Crippen LogP contribution in [0.2, 0.25) is 0 Å². The molecule has 1 N–H and O–H groups in total. The highest BCUT2D eigenvalue weighted by molar-refractivity contribution is 7.92. The molecule has 0 atom stereocenters. The number of fused-ring (bicyclic) bond motifs is 1. The Morgan fingerprint density at radius 3 is 2.42 bits per heavy atom. The number of anilines is 2. The van der Waals surface area contributed by atoms with Gasteiger partial charge in [0.15, 0.2) is 0 Å². The Bertz CT molecular complexity index is 916. The van der Waals surface area contributed by atoms with Crippen molar-refractivity contribution in [2.24, 2.45) is 5.41 Å². The van der Waals surface area contributed by atoms with Crippen molar-refractivity contribution in [1.82, 2.24) is 0 Å². The van der Waals surface area contributed by atoms with E-state index in [0.29, 0.717) is 17.9 Å². The van der Waals surface area contributed by atoms with Crippen LogP contribution in [-0.4, -0.2) is 20.9 Å². The Balaban J connectivity index is 1.93. The van der Waals surface area contributed by atoms with Crippen LogP contribution in [0.1, 0.15) is 32.8 Å². The second-order valence-corrected chi connectivity index (χ2v) is 9.40. The van der Waals surface area contributed by atoms with Crippen LogP contribution in [0, 0.1) is 5.41 Å². The van der Waals surface area contributed by atoms with E-state index in [1.807, 2.05) is 26.8 Å². The van der Waals surface area contributed by atoms with Crippen LogP contribution >= 0.6 is 0 Å². The molecule has 1 aliphatic rings. The summed E-state index contributed by atoms with van der Waals surface area (Å²) in [6.45, 7) is 6.02. The molecule has 2 aromatic rings. The molecular formula is C20H24N2O3S. The van der Waals surface area contributed by atoms with Crippen molar-refractivity contribution >= 4 is 27.3 Å². The lowest BCUT2D eigenvalue weighted by Gasteiger charge is -2.31. The molecule has 0 bridgehead atoms. The summed E-state index contributed by atoms with van der Waals surface area (Å²) in [6, 6.07) is 13.9. The summed E-state index contributed by atoms with van der Waals surface area (Å²) in [6.07, 6.45) is 1.53. The molecule has 0 unspecified atom stereocenters. The Hall–Kier alpha value is -2.34. The van der Waals surface area contributed by atoms with Gasteiger partial charge < -0.3 is 5.32 Å². The zero-order valence-electron chi connectivity index (χ0n) is 15.3. The number of hydrogen-bond donors (Lipinski definition) is 1. The Morgan fingerprint density at radius 2 is 1.77 bits per heavy atom. The third-order valence-corrected chi connectivity index (χ3v) is 6.25. The van der Waals surface area contributed by atoms with E-state index < -0.39 is 15.4 Å². The van der Waals surface area contributed by atoms with Crippen molar-refractivity contribution in [3.63, 3.8) is 0 Å². The zero-order valence-corrected chi connectivity index (χ0v) is 16.1. The quantitative estimate of drug-likeness (QED) is 0.891. The molecule has 26 heavy (non-hydrogen) atoms. The predicted molar refractivity (Wildman–Crippen MR) is 104 cm³/mol. The summed E-state index contributed by atoms with van der Waals surface area (Å²) in [4.78, 5) is 12.5. The first-order valence-corrected chi connectivity index (χ1v) is 10.2. The van der Waals surface area contributed by atoms with Gasteiger partial charge in [0.25, 0.3) is 10.0 Å². The van der Waals surface area contributed by atoms with Gasteiger partial charge in [0, 0.05) is 17.6 Å². The van der Waals surface area contributed by atoms with Gasteiger partial charge in [0.05, 0.1) is 10.6 Å². The molecule has 0 aromatic heterocycles. The number of hydrogen-bond acceptors (Lipinski definition) is 3. The number of carbonyl (C=O) groups is 1. The highest BCUT2D eigenvalue weighted by Crippen LogP contribution is 2.34. The summed E-state index contributed by atoms with van der Waals surface area (Å²) in [7, 11) is -3.59. The smallest absolute Gasteiger partial charge is 0.264 e. The molecule has 0 saturated heterocycles. The van der Waals surface area contributed by atoms with Gasteiger partial charge in [0.1, 0.15) is 0 Å². The maximum absolute atomic E-state index is 13.0. The normalized spacial score (nSPS) is 14.7. The first kappa shape index (κ1) is 18.5. The number of sulfonamides is 1. The van der Waals surface area contributed by atoms with E-state index in [-0.39, 0.29) is 10.8 Å². The molecule has 1 amide bonds. The first-order valence-electron chi connectivity index (χ1n) is 8.72. The number of nitrogens with zero attached hydrogens (tertiary/aromatic N) is 1. The lowest BCUT2D eigenvalue weighted by molar-refractivity contribution is -0.123. The lowest BCUT2D eigenvalue weighted by atomic mass is 9.95. The summed E-state index contributed by atoms with van der Waals surface area (Å²) < 4.78 is 27.5. The number of rotatable bonds is 3. The minimum Gasteiger partial charge on any atom is -0.326 e. The molecule has 1 heterocycles. The highest BCUT2D eigenvalue weighted by Gasteiger charge is 2.29. The van der Waals surface area contributed by atoms with Gasteiger partial charge in [-0.3, -0.25) is 9.10 Å². The number of benzene rings is 2. The van der Waals surface area contributed by atoms with Crippen LogP contribution in [0.3, 0.4) is 0 Å². The second-order valence-electron chi connectivity index (χ2n) is 7.54. The van der Waals surface area contributed by atoms with Crippen molar-refractivity contribution in [3.05, 3.63) is 54.1 Å². The van der Waals surface area contributed by atoms with E-state index in [1.165, 1.54) is 4.31 Å². The van der Waals surface area contributed by atoms with Gasteiger partial charge in [0.2, 0.25) is 5.91 Å². The SMILES string of the molecule is CC(C)(C)C(=O)Nc1ccc2c(c1)CCCN2S(=O)(=O)c1ccccc1. The standard InChI is InChI=1S/C20H24N2O3S/c1-20(2,3)19(23)21-16-11-12-18-15(14-16)8-7-13-22(18)26(24,25)17-9-5-4-6-10-17/h4-6,9-12,14H,7-8,13H2,1-3H3,(H,21,23). The Kier molecular flexibility index (Phi) is 4.80. The number of amides is 1. The molecule has 0 radical (unpaired) electrons. The molecule has 1 aliphatic heterocycles. The second kappa shape index (κ2) is 6.76. The van der Waals surface area contributed by atoms with Crippen LogP contribution < -0.4 is 9.62 Å². The molecular weight excluding hydrogens is 348 g/mol. The number of aryl methyl sites for hydroxylation is 1. The van der Waals surface area contributed by atoms with Gasteiger partial charge >= 0.3 is 0 Å². The summed E-state index contributed by atoms with van der Waals surface area (Å²) in [5.41, 5.74) is 1.83. The summed E-state index contributed by atoms with van der Waals surface area (Å²) in [5.74, 6) is -0.0676. The summed E-state index contributed by atoms with van der Waals surface area (Å²) in [5, 5.41) is 2.91. The maximum Gasteiger partial charge on any atom is 0.264 e. The Labute approximate surface area is 155 Å².